The molecule has 0 aliphatic carbocycles. The lowest BCUT2D eigenvalue weighted by atomic mass is 10.1. The van der Waals surface area contributed by atoms with Crippen molar-refractivity contribution in [2.75, 3.05) is 26.2 Å². The van der Waals surface area contributed by atoms with E-state index in [9.17, 15) is 18.0 Å². The van der Waals surface area contributed by atoms with Gasteiger partial charge in [0, 0.05) is 39.1 Å². The topological polar surface area (TPSA) is 36.7 Å². The lowest BCUT2D eigenvalue weighted by Crippen LogP contribution is -2.33. The smallest absolute Gasteiger partial charge is 0.416 e. The Morgan fingerprint density at radius 2 is 1.89 bits per heavy atom. The second-order valence-corrected chi connectivity index (χ2v) is 6.44. The van der Waals surface area contributed by atoms with Crippen molar-refractivity contribution >= 4 is 12.0 Å². The fourth-order valence-electron chi connectivity index (χ4n) is 3.10. The number of nitrogens with zero attached hydrogens (tertiary/aromatic N) is 2. The Morgan fingerprint density at radius 3 is 2.63 bits per heavy atom. The van der Waals surface area contributed by atoms with Gasteiger partial charge >= 0.3 is 6.18 Å². The maximum Gasteiger partial charge on any atom is 0.416 e. The first-order valence-electron chi connectivity index (χ1n) is 8.79. The molecule has 27 heavy (non-hydrogen) atoms. The molecular weight excluding hydrogens is 357 g/mol. The number of alkyl halides is 3. The van der Waals surface area contributed by atoms with Crippen molar-refractivity contribution in [2.45, 2.75) is 19.1 Å². The summed E-state index contributed by atoms with van der Waals surface area (Å²) in [6, 6.07) is 9.08. The SMILES string of the molecule is O=C1CCN(C/C=C/c2ccco2)CCN1Cc1ccccc1C(F)(F)F. The van der Waals surface area contributed by atoms with Gasteiger partial charge in [-0.15, -0.1) is 0 Å². The average Bonchev–Trinajstić information content (AvgIpc) is 3.08. The van der Waals surface area contributed by atoms with Gasteiger partial charge in [0.2, 0.25) is 5.91 Å². The van der Waals surface area contributed by atoms with Crippen LogP contribution in [0.15, 0.2) is 53.2 Å². The third-order valence-electron chi connectivity index (χ3n) is 4.55. The summed E-state index contributed by atoms with van der Waals surface area (Å²) in [6.45, 7) is 2.23. The third kappa shape index (κ3) is 5.23. The lowest BCUT2D eigenvalue weighted by molar-refractivity contribution is -0.139. The van der Waals surface area contributed by atoms with Gasteiger partial charge in [0.05, 0.1) is 11.8 Å². The fourth-order valence-corrected chi connectivity index (χ4v) is 3.10. The number of hydrogen-bond acceptors (Lipinski definition) is 3. The highest BCUT2D eigenvalue weighted by Crippen LogP contribution is 2.32. The van der Waals surface area contributed by atoms with E-state index in [0.717, 1.165) is 11.8 Å². The van der Waals surface area contributed by atoms with Crippen molar-refractivity contribution in [3.63, 3.8) is 0 Å². The molecule has 2 heterocycles. The minimum Gasteiger partial charge on any atom is -0.465 e. The van der Waals surface area contributed by atoms with Crippen LogP contribution in [0.3, 0.4) is 0 Å². The maximum atomic E-state index is 13.2. The maximum absolute atomic E-state index is 13.2. The summed E-state index contributed by atoms with van der Waals surface area (Å²) in [4.78, 5) is 16.0. The molecule has 144 valence electrons. The number of carbonyl (C=O) groups excluding carboxylic acids is 1. The van der Waals surface area contributed by atoms with Crippen LogP contribution in [-0.4, -0.2) is 41.9 Å². The summed E-state index contributed by atoms with van der Waals surface area (Å²) in [5.74, 6) is 0.635. The Bertz CT molecular complexity index is 785. The Morgan fingerprint density at radius 1 is 1.07 bits per heavy atom. The number of hydrogen-bond donors (Lipinski definition) is 0. The number of carbonyl (C=O) groups is 1. The van der Waals surface area contributed by atoms with Crippen LogP contribution >= 0.6 is 0 Å². The first-order valence-corrected chi connectivity index (χ1v) is 8.79. The third-order valence-corrected chi connectivity index (χ3v) is 4.55. The van der Waals surface area contributed by atoms with E-state index in [1.807, 2.05) is 18.2 Å². The van der Waals surface area contributed by atoms with Crippen LogP contribution in [0.5, 0.6) is 0 Å². The van der Waals surface area contributed by atoms with E-state index in [0.29, 0.717) is 32.6 Å². The summed E-state index contributed by atoms with van der Waals surface area (Å²) in [5, 5.41) is 0. The van der Waals surface area contributed by atoms with Crippen LogP contribution in [-0.2, 0) is 17.5 Å². The molecule has 3 rings (SSSR count). The van der Waals surface area contributed by atoms with Crippen molar-refractivity contribution in [3.05, 3.63) is 65.6 Å². The Hall–Kier alpha value is -2.54. The summed E-state index contributed by atoms with van der Waals surface area (Å²) in [7, 11) is 0. The molecule has 1 fully saturated rings. The first-order chi connectivity index (χ1) is 12.9. The zero-order valence-corrected chi connectivity index (χ0v) is 14.8. The molecule has 0 radical (unpaired) electrons. The molecule has 1 aromatic carbocycles. The number of furan rings is 1. The molecule has 0 atom stereocenters. The molecule has 4 nitrogen and oxygen atoms in total. The predicted molar refractivity (Wildman–Crippen MR) is 95.7 cm³/mol. The first kappa shape index (κ1) is 19.2. The lowest BCUT2D eigenvalue weighted by Gasteiger charge is -2.23. The highest BCUT2D eigenvalue weighted by molar-refractivity contribution is 5.76. The van der Waals surface area contributed by atoms with Gasteiger partial charge in [-0.05, 0) is 29.8 Å². The Balaban J connectivity index is 1.61. The van der Waals surface area contributed by atoms with E-state index >= 15 is 0 Å². The molecular formula is C20H21F3N2O2. The van der Waals surface area contributed by atoms with Crippen LogP contribution < -0.4 is 0 Å². The normalized spacial score (nSPS) is 16.9. The zero-order valence-electron chi connectivity index (χ0n) is 14.8. The van der Waals surface area contributed by atoms with Gasteiger partial charge in [-0.3, -0.25) is 9.69 Å². The molecule has 1 amide bonds. The van der Waals surface area contributed by atoms with Gasteiger partial charge in [0.15, 0.2) is 0 Å². The summed E-state index contributed by atoms with van der Waals surface area (Å²) < 4.78 is 44.7. The zero-order chi connectivity index (χ0) is 19.3. The summed E-state index contributed by atoms with van der Waals surface area (Å²) in [5.41, 5.74) is -0.551. The number of benzene rings is 1. The standard InChI is InChI=1S/C20H21F3N2O2/c21-20(22,23)18-8-2-1-5-16(18)15-25-13-12-24(11-9-19(25)26)10-3-6-17-7-4-14-27-17/h1-8,14H,9-13,15H2/b6-3+. The van der Waals surface area contributed by atoms with Crippen molar-refractivity contribution in [2.24, 2.45) is 0 Å². The quantitative estimate of drug-likeness (QED) is 0.788. The average molecular weight is 378 g/mol. The fraction of sp³-hybridized carbons (Fsp3) is 0.350. The van der Waals surface area contributed by atoms with E-state index in [2.05, 4.69) is 4.90 Å². The van der Waals surface area contributed by atoms with E-state index < -0.39 is 11.7 Å². The molecule has 0 spiro atoms. The van der Waals surface area contributed by atoms with Crippen LogP contribution in [0, 0.1) is 0 Å². The molecule has 1 aliphatic heterocycles. The second-order valence-electron chi connectivity index (χ2n) is 6.44. The predicted octanol–water partition coefficient (Wildman–Crippen LogP) is 4.05. The van der Waals surface area contributed by atoms with Crippen LogP contribution in [0.2, 0.25) is 0 Å². The minimum absolute atomic E-state index is 0.0232. The van der Waals surface area contributed by atoms with Crippen molar-refractivity contribution in [1.29, 1.82) is 0 Å². The van der Waals surface area contributed by atoms with Gasteiger partial charge in [-0.1, -0.05) is 24.3 Å². The monoisotopic (exact) mass is 378 g/mol. The molecule has 0 N–H and O–H groups in total. The van der Waals surface area contributed by atoms with Crippen molar-refractivity contribution < 1.29 is 22.4 Å². The van der Waals surface area contributed by atoms with Gasteiger partial charge in [-0.25, -0.2) is 0 Å². The minimum atomic E-state index is -4.42. The van der Waals surface area contributed by atoms with Crippen LogP contribution in [0.25, 0.3) is 6.08 Å². The number of halogens is 3. The summed E-state index contributed by atoms with van der Waals surface area (Å²) in [6.07, 6.45) is 1.29. The molecule has 1 aromatic heterocycles. The molecule has 0 saturated carbocycles. The molecule has 1 aliphatic rings. The number of rotatable bonds is 5. The van der Waals surface area contributed by atoms with Crippen LogP contribution in [0.1, 0.15) is 23.3 Å². The summed E-state index contributed by atoms with van der Waals surface area (Å²) >= 11 is 0. The van der Waals surface area contributed by atoms with Gasteiger partial charge in [-0.2, -0.15) is 13.2 Å². The largest absolute Gasteiger partial charge is 0.465 e. The van der Waals surface area contributed by atoms with Gasteiger partial charge in [0.1, 0.15) is 5.76 Å². The highest BCUT2D eigenvalue weighted by Gasteiger charge is 2.33. The Kier molecular flexibility index (Phi) is 6.01. The van der Waals surface area contributed by atoms with Crippen LogP contribution in [0.4, 0.5) is 13.2 Å². The Labute approximate surface area is 155 Å². The van der Waals surface area contributed by atoms with E-state index in [1.54, 1.807) is 18.4 Å². The van der Waals surface area contributed by atoms with E-state index in [4.69, 9.17) is 4.42 Å². The van der Waals surface area contributed by atoms with Crippen molar-refractivity contribution in [3.8, 4) is 0 Å². The van der Waals surface area contributed by atoms with Gasteiger partial charge < -0.3 is 9.32 Å². The molecule has 0 unspecified atom stereocenters. The second kappa shape index (κ2) is 8.43. The van der Waals surface area contributed by atoms with Crippen molar-refractivity contribution in [1.82, 2.24) is 9.80 Å². The molecule has 1 saturated heterocycles. The van der Waals surface area contributed by atoms with E-state index in [-0.39, 0.29) is 18.0 Å². The number of amides is 1. The van der Waals surface area contributed by atoms with E-state index in [1.165, 1.54) is 17.0 Å². The molecule has 0 bridgehead atoms. The van der Waals surface area contributed by atoms with Gasteiger partial charge in [0.25, 0.3) is 0 Å². The molecule has 7 heteroatoms. The highest BCUT2D eigenvalue weighted by atomic mass is 19.4. The molecule has 2 aromatic rings.